The second kappa shape index (κ2) is 3.80. The molecule has 1 aromatic heterocycles. The highest BCUT2D eigenvalue weighted by atomic mass is 16.5. The monoisotopic (exact) mass is 180 g/mol. The zero-order chi connectivity index (χ0) is 9.84. The van der Waals surface area contributed by atoms with Crippen LogP contribution in [-0.4, -0.2) is 25.1 Å². The molecule has 0 bridgehead atoms. The van der Waals surface area contributed by atoms with E-state index >= 15 is 0 Å². The van der Waals surface area contributed by atoms with Gasteiger partial charge in [0.05, 0.1) is 7.11 Å². The van der Waals surface area contributed by atoms with Gasteiger partial charge in [0.1, 0.15) is 11.5 Å². The maximum atomic E-state index is 11.1. The number of aromatic nitrogens is 1. The third-order valence-corrected chi connectivity index (χ3v) is 1.72. The van der Waals surface area contributed by atoms with E-state index in [1.165, 1.54) is 7.11 Å². The highest BCUT2D eigenvalue weighted by Crippen LogP contribution is 2.17. The topological polar surface area (TPSA) is 54.1 Å². The first-order chi connectivity index (χ1) is 6.22. The van der Waals surface area contributed by atoms with Crippen molar-refractivity contribution in [1.29, 1.82) is 0 Å². The van der Waals surface area contributed by atoms with Crippen molar-refractivity contribution in [3.8, 4) is 0 Å². The van der Waals surface area contributed by atoms with Crippen LogP contribution in [0, 0.1) is 0 Å². The molecular weight excluding hydrogens is 168 g/mol. The van der Waals surface area contributed by atoms with Gasteiger partial charge in [0.2, 0.25) is 0 Å². The van der Waals surface area contributed by atoms with Crippen LogP contribution in [0.3, 0.4) is 0 Å². The average molecular weight is 180 g/mol. The molecule has 13 heavy (non-hydrogen) atoms. The van der Waals surface area contributed by atoms with Crippen molar-refractivity contribution >= 4 is 17.9 Å². The Morgan fingerprint density at radius 3 is 2.85 bits per heavy atom. The van der Waals surface area contributed by atoms with Crippen LogP contribution >= 0.6 is 0 Å². The van der Waals surface area contributed by atoms with E-state index in [-0.39, 0.29) is 5.97 Å². The van der Waals surface area contributed by atoms with Crippen LogP contribution in [0.5, 0.6) is 0 Å². The van der Waals surface area contributed by atoms with Crippen molar-refractivity contribution in [3.05, 3.63) is 23.9 Å². The molecule has 0 saturated carbocycles. The lowest BCUT2D eigenvalue weighted by Crippen LogP contribution is -2.01. The molecule has 0 unspecified atom stereocenters. The maximum Gasteiger partial charge on any atom is 0.354 e. The van der Waals surface area contributed by atoms with E-state index in [9.17, 15) is 4.79 Å². The van der Waals surface area contributed by atoms with Gasteiger partial charge in [-0.3, -0.25) is 0 Å². The second-order valence-corrected chi connectivity index (χ2v) is 2.46. The summed E-state index contributed by atoms with van der Waals surface area (Å²) in [4.78, 5) is 14.0. The molecule has 0 amide bonds. The van der Waals surface area contributed by atoms with Gasteiger partial charge < -0.3 is 15.0 Å². The summed E-state index contributed by atoms with van der Waals surface area (Å²) >= 11 is 0. The van der Waals surface area contributed by atoms with Gasteiger partial charge in [-0.05, 0) is 6.07 Å². The lowest BCUT2D eigenvalue weighted by molar-refractivity contribution is 0.0595. The van der Waals surface area contributed by atoms with Crippen LogP contribution < -0.4 is 5.32 Å². The Balaban J connectivity index is 3.06. The van der Waals surface area contributed by atoms with Crippen LogP contribution in [0.25, 0.3) is 6.08 Å². The second-order valence-electron chi connectivity index (χ2n) is 2.46. The molecule has 1 aromatic rings. The molecule has 1 heterocycles. The van der Waals surface area contributed by atoms with Gasteiger partial charge >= 0.3 is 5.97 Å². The molecule has 0 aliphatic rings. The summed E-state index contributed by atoms with van der Waals surface area (Å²) in [6, 6.07) is 1.69. The van der Waals surface area contributed by atoms with Crippen molar-refractivity contribution in [2.24, 2.45) is 0 Å². The van der Waals surface area contributed by atoms with Crippen molar-refractivity contribution in [2.75, 3.05) is 19.5 Å². The lowest BCUT2D eigenvalue weighted by Gasteiger charge is -1.96. The van der Waals surface area contributed by atoms with Crippen LogP contribution in [0.15, 0.2) is 12.6 Å². The fourth-order valence-electron chi connectivity index (χ4n) is 1.06. The van der Waals surface area contributed by atoms with Crippen molar-refractivity contribution < 1.29 is 9.53 Å². The molecule has 0 aliphatic carbocycles. The van der Waals surface area contributed by atoms with Crippen molar-refractivity contribution in [1.82, 2.24) is 4.98 Å². The summed E-state index contributed by atoms with van der Waals surface area (Å²) in [6.45, 7) is 3.63. The first kappa shape index (κ1) is 9.38. The smallest absolute Gasteiger partial charge is 0.354 e. The Morgan fingerprint density at radius 2 is 2.46 bits per heavy atom. The number of hydrogen-bond acceptors (Lipinski definition) is 3. The predicted molar refractivity (Wildman–Crippen MR) is 51.8 cm³/mol. The van der Waals surface area contributed by atoms with Crippen LogP contribution in [0.2, 0.25) is 0 Å². The number of anilines is 1. The van der Waals surface area contributed by atoms with Crippen molar-refractivity contribution in [3.63, 3.8) is 0 Å². The molecule has 70 valence electrons. The van der Waals surface area contributed by atoms with E-state index in [0.29, 0.717) is 5.69 Å². The van der Waals surface area contributed by atoms with E-state index in [1.807, 2.05) is 0 Å². The highest BCUT2D eigenvalue weighted by molar-refractivity contribution is 5.89. The number of esters is 1. The first-order valence-electron chi connectivity index (χ1n) is 3.84. The number of aromatic amines is 1. The number of nitrogens with one attached hydrogen (secondary N) is 2. The summed E-state index contributed by atoms with van der Waals surface area (Å²) in [6.07, 6.45) is 1.66. The molecule has 1 rings (SSSR count). The largest absolute Gasteiger partial charge is 0.464 e. The molecule has 0 aliphatic heterocycles. The number of H-pyrrole nitrogens is 1. The fraction of sp³-hybridized carbons (Fsp3) is 0.222. The Morgan fingerprint density at radius 1 is 1.77 bits per heavy atom. The molecule has 0 spiro atoms. The van der Waals surface area contributed by atoms with Gasteiger partial charge in [0.15, 0.2) is 0 Å². The molecule has 0 saturated heterocycles. The summed E-state index contributed by atoms with van der Waals surface area (Å²) in [7, 11) is 3.11. The average Bonchev–Trinajstić information content (AvgIpc) is 2.59. The van der Waals surface area contributed by atoms with Gasteiger partial charge in [-0.25, -0.2) is 4.79 Å². The minimum absolute atomic E-state index is 0.385. The Kier molecular flexibility index (Phi) is 2.74. The van der Waals surface area contributed by atoms with E-state index in [1.54, 1.807) is 19.2 Å². The summed E-state index contributed by atoms with van der Waals surface area (Å²) in [5, 5.41) is 2.91. The zero-order valence-corrected chi connectivity index (χ0v) is 7.68. The molecule has 4 nitrogen and oxygen atoms in total. The first-order valence-corrected chi connectivity index (χ1v) is 3.84. The summed E-state index contributed by atoms with van der Waals surface area (Å²) < 4.78 is 4.56. The minimum Gasteiger partial charge on any atom is -0.464 e. The Hall–Kier alpha value is -1.71. The number of ether oxygens (including phenoxy) is 1. The normalized spacial score (nSPS) is 9.38. The van der Waals surface area contributed by atoms with Crippen LogP contribution in [0.4, 0.5) is 5.82 Å². The third kappa shape index (κ3) is 1.72. The van der Waals surface area contributed by atoms with Gasteiger partial charge in [-0.1, -0.05) is 12.7 Å². The standard InChI is InChI=1S/C9H12N2O2/c1-4-6-5-7(9(12)13-3)11-8(6)10-2/h4-5,10-11H,1H2,2-3H3. The quantitative estimate of drug-likeness (QED) is 0.693. The minimum atomic E-state index is -0.385. The zero-order valence-electron chi connectivity index (χ0n) is 7.68. The van der Waals surface area contributed by atoms with E-state index in [4.69, 9.17) is 0 Å². The van der Waals surface area contributed by atoms with Crippen LogP contribution in [0.1, 0.15) is 16.1 Å². The lowest BCUT2D eigenvalue weighted by atomic mass is 10.3. The fourth-order valence-corrected chi connectivity index (χ4v) is 1.06. The molecule has 0 radical (unpaired) electrons. The number of methoxy groups -OCH3 is 1. The number of hydrogen-bond donors (Lipinski definition) is 2. The highest BCUT2D eigenvalue weighted by Gasteiger charge is 2.10. The predicted octanol–water partition coefficient (Wildman–Crippen LogP) is 1.49. The number of rotatable bonds is 3. The van der Waals surface area contributed by atoms with E-state index in [0.717, 1.165) is 11.4 Å². The summed E-state index contributed by atoms with van der Waals surface area (Å²) in [5.74, 6) is 0.375. The number of carbonyl (C=O) groups excluding carboxylic acids is 1. The molecule has 0 atom stereocenters. The van der Waals surface area contributed by atoms with Gasteiger partial charge in [-0.2, -0.15) is 0 Å². The Labute approximate surface area is 76.6 Å². The summed E-state index contributed by atoms with van der Waals surface area (Å²) in [5.41, 5.74) is 1.27. The molecule has 0 fully saturated rings. The van der Waals surface area contributed by atoms with Crippen molar-refractivity contribution in [2.45, 2.75) is 0 Å². The maximum absolute atomic E-state index is 11.1. The molecule has 4 heteroatoms. The van der Waals surface area contributed by atoms with Crippen LogP contribution in [-0.2, 0) is 4.74 Å². The van der Waals surface area contributed by atoms with E-state index in [2.05, 4.69) is 21.6 Å². The van der Waals surface area contributed by atoms with Gasteiger partial charge in [-0.15, -0.1) is 0 Å². The Bertz CT molecular complexity index is 328. The van der Waals surface area contributed by atoms with Gasteiger partial charge in [0, 0.05) is 12.6 Å². The van der Waals surface area contributed by atoms with Gasteiger partial charge in [0.25, 0.3) is 0 Å². The molecular formula is C9H12N2O2. The van der Waals surface area contributed by atoms with E-state index < -0.39 is 0 Å². The molecule has 0 aromatic carbocycles. The molecule has 2 N–H and O–H groups in total. The third-order valence-electron chi connectivity index (χ3n) is 1.72. The number of carbonyl (C=O) groups is 1. The SMILES string of the molecule is C=Cc1cc(C(=O)OC)[nH]c1NC.